The van der Waals surface area contributed by atoms with Gasteiger partial charge >= 0.3 is 5.97 Å². The second kappa shape index (κ2) is 14.2. The summed E-state index contributed by atoms with van der Waals surface area (Å²) in [5.74, 6) is -3.85. The number of amides is 3. The van der Waals surface area contributed by atoms with Crippen LogP contribution in [-0.2, 0) is 32.2 Å². The van der Waals surface area contributed by atoms with E-state index in [1.807, 2.05) is 16.8 Å². The summed E-state index contributed by atoms with van der Waals surface area (Å²) in [7, 11) is 0. The third-order valence-electron chi connectivity index (χ3n) is 8.82. The normalized spacial score (nSPS) is 18.5. The molecule has 4 aromatic rings. The first kappa shape index (κ1) is 36.5. The van der Waals surface area contributed by atoms with E-state index >= 15 is 0 Å². The molecule has 3 aliphatic rings. The molecule has 1 fully saturated rings. The van der Waals surface area contributed by atoms with E-state index in [0.29, 0.717) is 36.5 Å². The Morgan fingerprint density at radius 1 is 1.26 bits per heavy atom. The highest BCUT2D eigenvalue weighted by molar-refractivity contribution is 8.00. The van der Waals surface area contributed by atoms with Crippen molar-refractivity contribution in [2.75, 3.05) is 22.9 Å². The fraction of sp³-hybridized carbons (Fsp3) is 0.323. The van der Waals surface area contributed by atoms with Crippen LogP contribution in [0.5, 0.6) is 11.5 Å². The summed E-state index contributed by atoms with van der Waals surface area (Å²) >= 11 is 8.42. The third kappa shape index (κ3) is 6.51. The monoisotopic (exact) mass is 797 g/mol. The van der Waals surface area contributed by atoms with Crippen molar-refractivity contribution in [3.05, 3.63) is 64.0 Å². The second-order valence-electron chi connectivity index (χ2n) is 12.7. The number of tetrazole rings is 1. The van der Waals surface area contributed by atoms with Crippen molar-refractivity contribution in [1.82, 2.24) is 40.2 Å². The van der Waals surface area contributed by atoms with Gasteiger partial charge in [0.15, 0.2) is 29.4 Å². The Bertz CT molecular complexity index is 2260. The van der Waals surface area contributed by atoms with Crippen molar-refractivity contribution in [1.29, 1.82) is 0 Å². The van der Waals surface area contributed by atoms with E-state index in [1.165, 1.54) is 42.6 Å². The molecule has 54 heavy (non-hydrogen) atoms. The molecule has 6 heterocycles. The lowest BCUT2D eigenvalue weighted by Gasteiger charge is -2.49. The van der Waals surface area contributed by atoms with Crippen LogP contribution in [0.2, 0.25) is 5.02 Å². The highest BCUT2D eigenvalue weighted by Crippen LogP contribution is 2.43. The lowest BCUT2D eigenvalue weighted by atomic mass is 10.0. The number of aromatic nitrogens is 7. The number of phenolic OH excluding ortho intramolecular Hbond substituents is 2. The summed E-state index contributed by atoms with van der Waals surface area (Å²) < 4.78 is 5.97. The van der Waals surface area contributed by atoms with Crippen molar-refractivity contribution in [3.8, 4) is 11.5 Å². The number of oxime groups is 1. The van der Waals surface area contributed by atoms with E-state index in [2.05, 4.69) is 40.5 Å². The second-order valence-corrected chi connectivity index (χ2v) is 14.9. The van der Waals surface area contributed by atoms with Crippen LogP contribution in [0.4, 0.5) is 10.8 Å². The van der Waals surface area contributed by atoms with E-state index in [0.717, 1.165) is 22.8 Å². The molecule has 0 spiro atoms. The van der Waals surface area contributed by atoms with Crippen molar-refractivity contribution in [2.45, 2.75) is 50.3 Å². The van der Waals surface area contributed by atoms with Gasteiger partial charge in [-0.05, 0) is 43.7 Å². The molecule has 7 N–H and O–H groups in total. The Morgan fingerprint density at radius 2 is 2.06 bits per heavy atom. The summed E-state index contributed by atoms with van der Waals surface area (Å²) in [4.78, 5) is 64.9. The summed E-state index contributed by atoms with van der Waals surface area (Å²) in [6.45, 7) is 3.15. The number of nitrogens with two attached hydrogens (primary N) is 1. The van der Waals surface area contributed by atoms with Crippen LogP contribution < -0.4 is 20.5 Å². The number of aromatic hydroxyl groups is 2. The number of nitrogens with one attached hydrogen (secondary N) is 2. The van der Waals surface area contributed by atoms with Gasteiger partial charge in [0.25, 0.3) is 17.7 Å². The number of carboxylic acid groups (broad SMARTS) is 1. The van der Waals surface area contributed by atoms with Crippen molar-refractivity contribution in [3.63, 3.8) is 0 Å². The number of H-pyrrole nitrogens is 1. The van der Waals surface area contributed by atoms with E-state index in [4.69, 9.17) is 22.2 Å². The Morgan fingerprint density at radius 3 is 2.76 bits per heavy atom. The molecule has 3 aliphatic heterocycles. The van der Waals surface area contributed by atoms with Crippen LogP contribution in [0.25, 0.3) is 5.70 Å². The first-order chi connectivity index (χ1) is 25.8. The number of aromatic amines is 1. The molecule has 23 heteroatoms. The van der Waals surface area contributed by atoms with Crippen LogP contribution in [0.1, 0.15) is 48.0 Å². The van der Waals surface area contributed by atoms with E-state index in [1.54, 1.807) is 11.0 Å². The lowest BCUT2D eigenvalue weighted by molar-refractivity contribution is -0.695. The molecule has 0 aliphatic carbocycles. The maximum atomic E-state index is 13.8. The number of phenols is 2. The predicted octanol–water partition coefficient (Wildman–Crippen LogP) is 0.674. The quantitative estimate of drug-likeness (QED) is 0.0423. The number of pyridine rings is 1. The summed E-state index contributed by atoms with van der Waals surface area (Å²) in [6.07, 6.45) is 3.11. The minimum absolute atomic E-state index is 0.0260. The van der Waals surface area contributed by atoms with Crippen LogP contribution in [0.15, 0.2) is 41.2 Å². The number of thioether (sulfide) groups is 1. The smallest absolute Gasteiger partial charge is 0.350 e. The highest BCUT2D eigenvalue weighted by atomic mass is 35.5. The SMILES string of the molecule is CC(C)(O/N=C(\C(=O)N[C@@H]1C(=O)N2C(c3nn[nH]n3)=C(C[n+]3cccc4c3CCCN4C(=O)c3ccc(O)c(O)c3Cl)CS[C@H]12)c1nsc(N)n1)C(=O)O. The molecule has 0 unspecified atom stereocenters. The molecule has 7 rings (SSSR count). The van der Waals surface area contributed by atoms with Gasteiger partial charge in [-0.3, -0.25) is 19.3 Å². The molecule has 0 radical (unpaired) electrons. The van der Waals surface area contributed by atoms with E-state index < -0.39 is 57.9 Å². The van der Waals surface area contributed by atoms with Gasteiger partial charge in [-0.1, -0.05) is 16.8 Å². The largest absolute Gasteiger partial charge is 0.504 e. The van der Waals surface area contributed by atoms with E-state index in [9.17, 15) is 34.5 Å². The average molecular weight is 798 g/mol. The number of carbonyl (C=O) groups is 4. The molecular weight excluding hydrogens is 768 g/mol. The molecule has 3 amide bonds. The summed E-state index contributed by atoms with van der Waals surface area (Å²) in [6, 6.07) is 5.12. The van der Waals surface area contributed by atoms with Crippen molar-refractivity contribution < 1.29 is 43.9 Å². The topological polar surface area (TPSA) is 279 Å². The molecule has 1 saturated heterocycles. The first-order valence-electron chi connectivity index (χ1n) is 16.1. The van der Waals surface area contributed by atoms with E-state index in [-0.39, 0.29) is 33.9 Å². The minimum Gasteiger partial charge on any atom is -0.504 e. The summed E-state index contributed by atoms with van der Waals surface area (Å²) in [5.41, 5.74) is 6.11. The molecule has 0 saturated carbocycles. The zero-order valence-corrected chi connectivity index (χ0v) is 30.6. The van der Waals surface area contributed by atoms with Crippen molar-refractivity contribution >= 4 is 80.8 Å². The number of benzene rings is 1. The zero-order valence-electron chi connectivity index (χ0n) is 28.3. The number of halogens is 1. The molecule has 0 bridgehead atoms. The van der Waals surface area contributed by atoms with Gasteiger partial charge in [-0.2, -0.15) is 19.1 Å². The van der Waals surface area contributed by atoms with Crippen LogP contribution in [-0.4, -0.2) is 109 Å². The van der Waals surface area contributed by atoms with Gasteiger partial charge in [-0.25, -0.2) is 4.79 Å². The number of anilines is 2. The molecule has 3 aromatic heterocycles. The number of hydrogen-bond donors (Lipinski definition) is 6. The Balaban J connectivity index is 1.16. The number of hydrogen-bond acceptors (Lipinski definition) is 16. The number of nitrogen functional groups attached to an aromatic ring is 1. The van der Waals surface area contributed by atoms with Gasteiger partial charge < -0.3 is 36.1 Å². The number of nitrogens with zero attached hydrogens (tertiary/aromatic N) is 9. The van der Waals surface area contributed by atoms with Crippen LogP contribution >= 0.6 is 34.9 Å². The number of carboxylic acids is 1. The maximum absolute atomic E-state index is 13.8. The Kier molecular flexibility index (Phi) is 9.57. The van der Waals surface area contributed by atoms with Gasteiger partial charge in [0.2, 0.25) is 28.7 Å². The number of rotatable bonds is 10. The van der Waals surface area contributed by atoms with Gasteiger partial charge in [0.05, 0.1) is 16.3 Å². The molecule has 2 atom stereocenters. The van der Waals surface area contributed by atoms with Crippen LogP contribution in [0, 0.1) is 0 Å². The minimum atomic E-state index is -1.80. The predicted molar refractivity (Wildman–Crippen MR) is 191 cm³/mol. The fourth-order valence-corrected chi connectivity index (χ4v) is 8.06. The molecule has 1 aromatic carbocycles. The highest BCUT2D eigenvalue weighted by Gasteiger charge is 2.54. The van der Waals surface area contributed by atoms with Crippen molar-refractivity contribution in [2.24, 2.45) is 5.16 Å². The van der Waals surface area contributed by atoms with Gasteiger partial charge in [0, 0.05) is 41.9 Å². The zero-order chi connectivity index (χ0) is 38.5. The first-order valence-corrected chi connectivity index (χ1v) is 18.3. The number of fused-ring (bicyclic) bond motifs is 2. The molecule has 280 valence electrons. The Labute approximate surface area is 317 Å². The van der Waals surface area contributed by atoms with Crippen LogP contribution in [0.3, 0.4) is 0 Å². The number of carbonyl (C=O) groups excluding carboxylic acids is 3. The van der Waals surface area contributed by atoms with Gasteiger partial charge in [0.1, 0.15) is 17.1 Å². The number of β-lactam (4-membered cyclic amide) rings is 1. The third-order valence-corrected chi connectivity index (χ3v) is 11.1. The fourth-order valence-electron chi connectivity index (χ4n) is 6.05. The molecule has 20 nitrogen and oxygen atoms in total. The molecular formula is C31H30ClN12O8S2+. The van der Waals surface area contributed by atoms with Gasteiger partial charge in [-0.15, -0.1) is 22.0 Å². The summed E-state index contributed by atoms with van der Waals surface area (Å²) in [5, 5.41) is 49.5. The maximum Gasteiger partial charge on any atom is 0.350 e. The standard InChI is InChI=1S/C31H29ClN12O8S2/c1-31(2,29(50)51)52-38-19(23-35-30(33)54-39-23)25(47)34-20-27(49)44-21(24-36-40-41-37-24)13(12-53-28(20)44)11-42-9-3-6-16-15(42)5-4-10-43(16)26(48)14-7-8-17(45)22(46)18(14)32/h3,6-9,20,28H,4-5,10-12H2,1-2H3,(H6-,33,34,35,36,37,38,39,40,41,45,46,47,48,50,51)/p+1/t20-,28-/m1/s1. The number of aliphatic carboxylic acids is 1. The lowest BCUT2D eigenvalue weighted by Crippen LogP contribution is -2.70. The average Bonchev–Trinajstić information content (AvgIpc) is 3.85. The Hall–Kier alpha value is -5.87.